The van der Waals surface area contributed by atoms with E-state index in [9.17, 15) is 31.5 Å². The Kier molecular flexibility index (Phi) is 4.27. The Morgan fingerprint density at radius 3 is 2.44 bits per heavy atom. The number of aromatic nitrogens is 2. The molecule has 0 saturated carbocycles. The largest absolute Gasteiger partial charge is 0.433 e. The van der Waals surface area contributed by atoms with E-state index in [0.717, 1.165) is 30.0 Å². The van der Waals surface area contributed by atoms with Crippen LogP contribution in [0.5, 0.6) is 0 Å². The normalized spacial score (nSPS) is 18.0. The molecule has 132 valence electrons. The van der Waals surface area contributed by atoms with E-state index < -0.39 is 51.9 Å². The molecule has 1 fully saturated rings. The van der Waals surface area contributed by atoms with Crippen LogP contribution in [-0.2, 0) is 11.0 Å². The molecular formula is C14H8F5N3O2S. The molecule has 1 atom stereocenters. The molecule has 1 amide bonds. The molecule has 0 spiro atoms. The van der Waals surface area contributed by atoms with Gasteiger partial charge in [0.15, 0.2) is 5.69 Å². The molecule has 1 unspecified atom stereocenters. The quantitative estimate of drug-likeness (QED) is 0.818. The lowest BCUT2D eigenvalue weighted by Crippen LogP contribution is -2.33. The molecule has 0 bridgehead atoms. The Hall–Kier alpha value is -2.43. The van der Waals surface area contributed by atoms with Gasteiger partial charge in [0.1, 0.15) is 17.0 Å². The number of carbonyl (C=O) groups excluding carboxylic acids is 1. The molecule has 0 aliphatic carbocycles. The van der Waals surface area contributed by atoms with Gasteiger partial charge in [-0.3, -0.25) is 19.5 Å². The maximum Gasteiger partial charge on any atom is 0.433 e. The van der Waals surface area contributed by atoms with Crippen molar-refractivity contribution in [1.82, 2.24) is 9.97 Å². The molecule has 0 radical (unpaired) electrons. The van der Waals surface area contributed by atoms with Gasteiger partial charge in [0.05, 0.1) is 11.3 Å². The van der Waals surface area contributed by atoms with Crippen molar-refractivity contribution < 1.29 is 26.7 Å². The zero-order chi connectivity index (χ0) is 18.4. The maximum atomic E-state index is 14.0. The number of hydrogen-bond donors (Lipinski definition) is 1. The van der Waals surface area contributed by atoms with Crippen molar-refractivity contribution in [3.63, 3.8) is 0 Å². The number of rotatable bonds is 2. The first-order chi connectivity index (χ1) is 11.7. The maximum absolute atomic E-state index is 14.0. The molecule has 11 heteroatoms. The van der Waals surface area contributed by atoms with Crippen molar-refractivity contribution in [2.24, 2.45) is 0 Å². The molecule has 25 heavy (non-hydrogen) atoms. The molecule has 3 rings (SSSR count). The fraction of sp³-hybridized carbons (Fsp3) is 0.214. The van der Waals surface area contributed by atoms with Crippen LogP contribution in [0.1, 0.15) is 16.6 Å². The average Bonchev–Trinajstić information content (AvgIpc) is 2.87. The van der Waals surface area contributed by atoms with E-state index in [1.807, 2.05) is 4.98 Å². The second-order valence-corrected chi connectivity index (χ2v) is 6.08. The number of carbonyl (C=O) groups is 1. The summed E-state index contributed by atoms with van der Waals surface area (Å²) in [5, 5.41) is -1.29. The predicted octanol–water partition coefficient (Wildman–Crippen LogP) is 2.85. The second kappa shape index (κ2) is 6.14. The second-order valence-electron chi connectivity index (χ2n) is 5.01. The molecule has 1 aromatic heterocycles. The van der Waals surface area contributed by atoms with E-state index in [1.54, 1.807) is 0 Å². The summed E-state index contributed by atoms with van der Waals surface area (Å²) in [7, 11) is 0. The van der Waals surface area contributed by atoms with Gasteiger partial charge in [0, 0.05) is 6.07 Å². The zero-order valence-electron chi connectivity index (χ0n) is 12.1. The molecule has 1 aliphatic heterocycles. The van der Waals surface area contributed by atoms with Gasteiger partial charge in [0.2, 0.25) is 11.9 Å². The number of halogens is 5. The minimum absolute atomic E-state index is 0.232. The smallest absolute Gasteiger partial charge is 0.292 e. The lowest BCUT2D eigenvalue weighted by molar-refractivity contribution is -0.141. The molecule has 2 aromatic rings. The number of benzene rings is 1. The number of anilines is 1. The van der Waals surface area contributed by atoms with Gasteiger partial charge in [-0.2, -0.15) is 13.2 Å². The summed E-state index contributed by atoms with van der Waals surface area (Å²) in [5.41, 5.74) is -3.16. The van der Waals surface area contributed by atoms with E-state index in [-0.39, 0.29) is 11.8 Å². The Morgan fingerprint density at radius 1 is 1.20 bits per heavy atom. The molecule has 1 saturated heterocycles. The number of amides is 1. The van der Waals surface area contributed by atoms with Crippen molar-refractivity contribution in [1.29, 1.82) is 0 Å². The van der Waals surface area contributed by atoms with Crippen LogP contribution in [0, 0.1) is 11.6 Å². The van der Waals surface area contributed by atoms with E-state index in [1.165, 1.54) is 0 Å². The summed E-state index contributed by atoms with van der Waals surface area (Å²) >= 11 is 0.807. The van der Waals surface area contributed by atoms with E-state index in [2.05, 4.69) is 4.98 Å². The molecule has 5 nitrogen and oxygen atoms in total. The highest BCUT2D eigenvalue weighted by molar-refractivity contribution is 8.00. The average molecular weight is 377 g/mol. The first-order valence-electron chi connectivity index (χ1n) is 6.74. The van der Waals surface area contributed by atoms with Gasteiger partial charge < -0.3 is 0 Å². The monoisotopic (exact) mass is 377 g/mol. The molecule has 1 N–H and O–H groups in total. The molecule has 2 heterocycles. The van der Waals surface area contributed by atoms with Gasteiger partial charge in [-0.05, 0) is 12.1 Å². The van der Waals surface area contributed by atoms with Crippen molar-refractivity contribution in [3.8, 4) is 0 Å². The summed E-state index contributed by atoms with van der Waals surface area (Å²) < 4.78 is 66.5. The van der Waals surface area contributed by atoms with E-state index in [4.69, 9.17) is 0 Å². The number of thioether (sulfide) groups is 1. The van der Waals surface area contributed by atoms with Crippen LogP contribution in [0.25, 0.3) is 0 Å². The molecule has 1 aliphatic rings. The minimum Gasteiger partial charge on any atom is -0.292 e. The number of H-pyrrole nitrogens is 1. The highest BCUT2D eigenvalue weighted by Crippen LogP contribution is 2.42. The fourth-order valence-electron chi connectivity index (χ4n) is 2.32. The van der Waals surface area contributed by atoms with Gasteiger partial charge in [-0.25, -0.2) is 13.8 Å². The lowest BCUT2D eigenvalue weighted by atomic mass is 10.2. The van der Waals surface area contributed by atoms with Crippen LogP contribution in [0.4, 0.5) is 27.9 Å². The van der Waals surface area contributed by atoms with Crippen molar-refractivity contribution in [2.75, 3.05) is 10.7 Å². The van der Waals surface area contributed by atoms with E-state index in [0.29, 0.717) is 4.90 Å². The number of aromatic amines is 1. The summed E-state index contributed by atoms with van der Waals surface area (Å²) in [4.78, 5) is 29.5. The lowest BCUT2D eigenvalue weighted by Gasteiger charge is -2.23. The van der Waals surface area contributed by atoms with Crippen molar-refractivity contribution in [2.45, 2.75) is 11.6 Å². The van der Waals surface area contributed by atoms with Crippen LogP contribution in [0.2, 0.25) is 0 Å². The zero-order valence-corrected chi connectivity index (χ0v) is 12.9. The highest BCUT2D eigenvalue weighted by Gasteiger charge is 2.40. The topological polar surface area (TPSA) is 66.1 Å². The van der Waals surface area contributed by atoms with Crippen LogP contribution in [0.15, 0.2) is 29.1 Å². The van der Waals surface area contributed by atoms with E-state index >= 15 is 0 Å². The first kappa shape index (κ1) is 17.4. The predicted molar refractivity (Wildman–Crippen MR) is 78.9 cm³/mol. The molecular weight excluding hydrogens is 369 g/mol. The third-order valence-corrected chi connectivity index (χ3v) is 4.54. The van der Waals surface area contributed by atoms with Crippen LogP contribution in [-0.4, -0.2) is 21.6 Å². The summed E-state index contributed by atoms with van der Waals surface area (Å²) in [6.07, 6.45) is -4.92. The Morgan fingerprint density at radius 2 is 1.84 bits per heavy atom. The third kappa shape index (κ3) is 3.23. The van der Waals surface area contributed by atoms with Gasteiger partial charge in [-0.1, -0.05) is 6.07 Å². The van der Waals surface area contributed by atoms with Crippen molar-refractivity contribution in [3.05, 3.63) is 57.5 Å². The van der Waals surface area contributed by atoms with Gasteiger partial charge >= 0.3 is 6.18 Å². The Bertz CT molecular complexity index is 879. The standard InChI is InChI=1S/C14H8F5N3O2S/c15-6-2-1-3-7(16)11(6)12-22(10(24)5-25-12)13-20-8(14(17,18)19)4-9(23)21-13/h1-4,12H,5H2,(H,20,21,23). The third-order valence-electron chi connectivity index (χ3n) is 3.36. The Labute approximate surface area is 140 Å². The van der Waals surface area contributed by atoms with Gasteiger partial charge in [0.25, 0.3) is 5.56 Å². The fourth-order valence-corrected chi connectivity index (χ4v) is 3.52. The number of alkyl halides is 3. The highest BCUT2D eigenvalue weighted by atomic mass is 32.2. The molecule has 1 aromatic carbocycles. The van der Waals surface area contributed by atoms with Crippen LogP contribution < -0.4 is 10.5 Å². The number of nitrogens with one attached hydrogen (secondary N) is 1. The number of nitrogens with zero attached hydrogens (tertiary/aromatic N) is 2. The minimum atomic E-state index is -4.92. The summed E-state index contributed by atoms with van der Waals surface area (Å²) in [6, 6.07) is 3.27. The van der Waals surface area contributed by atoms with Crippen molar-refractivity contribution >= 4 is 23.6 Å². The summed E-state index contributed by atoms with van der Waals surface area (Å²) in [5.74, 6) is -3.63. The SMILES string of the molecule is O=C1CSC(c2c(F)cccc2F)N1c1nc(C(F)(F)F)cc(=O)[nH]1. The van der Waals surface area contributed by atoms with Crippen LogP contribution in [0.3, 0.4) is 0 Å². The number of hydrogen-bond acceptors (Lipinski definition) is 4. The van der Waals surface area contributed by atoms with Gasteiger partial charge in [-0.15, -0.1) is 11.8 Å². The van der Waals surface area contributed by atoms with Crippen LogP contribution >= 0.6 is 11.8 Å². The summed E-state index contributed by atoms with van der Waals surface area (Å²) in [6.45, 7) is 0. The first-order valence-corrected chi connectivity index (χ1v) is 7.79. The Balaban J connectivity index is 2.13.